The van der Waals surface area contributed by atoms with E-state index in [0.717, 1.165) is 23.1 Å². The molecule has 0 radical (unpaired) electrons. The molecule has 1 saturated heterocycles. The van der Waals surface area contributed by atoms with Crippen molar-refractivity contribution in [3.8, 4) is 0 Å². The molecule has 2 rings (SSSR count). The molecule has 1 aliphatic rings. The van der Waals surface area contributed by atoms with Gasteiger partial charge in [-0.2, -0.15) is 0 Å². The summed E-state index contributed by atoms with van der Waals surface area (Å²) in [5.74, 6) is -1.55. The van der Waals surface area contributed by atoms with Crippen LogP contribution in [-0.4, -0.2) is 53.1 Å². The summed E-state index contributed by atoms with van der Waals surface area (Å²) in [6.45, 7) is -0.0596. The molecule has 110 valence electrons. The van der Waals surface area contributed by atoms with Gasteiger partial charge < -0.3 is 5.11 Å². The number of primary sulfonamides is 1. The average Bonchev–Trinajstić information content (AvgIpc) is 2.91. The van der Waals surface area contributed by atoms with E-state index >= 15 is 0 Å². The fraction of sp³-hybridized carbons (Fsp3) is 0.500. The highest BCUT2D eigenvalue weighted by Crippen LogP contribution is 2.31. The summed E-state index contributed by atoms with van der Waals surface area (Å²) in [7, 11) is -3.78. The fourth-order valence-corrected chi connectivity index (χ4v) is 3.89. The van der Waals surface area contributed by atoms with Gasteiger partial charge in [0.2, 0.25) is 21.1 Å². The monoisotopic (exact) mass is 338 g/mol. The molecule has 3 N–H and O–H groups in total. The van der Waals surface area contributed by atoms with Crippen LogP contribution in [0.5, 0.6) is 0 Å². The Balaban J connectivity index is 2.09. The lowest BCUT2D eigenvalue weighted by molar-refractivity contribution is -0.133. The minimum absolute atomic E-state index is 0.0596. The number of aliphatic carboxylic acids is 1. The molecule has 20 heavy (non-hydrogen) atoms. The first-order valence-corrected chi connectivity index (χ1v) is 8.68. The van der Waals surface area contributed by atoms with E-state index < -0.39 is 27.1 Å². The molecule has 1 unspecified atom stereocenters. The van der Waals surface area contributed by atoms with Crippen molar-refractivity contribution in [2.75, 3.05) is 17.2 Å². The topological polar surface area (TPSA) is 144 Å². The Morgan fingerprint density at radius 2 is 2.25 bits per heavy atom. The number of amides is 1. The van der Waals surface area contributed by atoms with Gasteiger partial charge in [-0.1, -0.05) is 23.1 Å². The van der Waals surface area contributed by atoms with E-state index in [1.165, 1.54) is 4.90 Å². The number of nitrogens with two attached hydrogens (primary N) is 1. The van der Waals surface area contributed by atoms with Gasteiger partial charge in [-0.15, -0.1) is 10.2 Å². The molecule has 1 aliphatic heterocycles. The number of carboxylic acids is 1. The van der Waals surface area contributed by atoms with Crippen molar-refractivity contribution in [1.82, 2.24) is 10.2 Å². The first kappa shape index (κ1) is 15.2. The first-order chi connectivity index (χ1) is 9.27. The molecule has 0 spiro atoms. The number of hydrogen-bond donors (Lipinski definition) is 2. The molecule has 1 fully saturated rings. The van der Waals surface area contributed by atoms with Gasteiger partial charge in [0.15, 0.2) is 4.34 Å². The van der Waals surface area contributed by atoms with Gasteiger partial charge in [-0.05, 0) is 0 Å². The Morgan fingerprint density at radius 1 is 1.55 bits per heavy atom. The van der Waals surface area contributed by atoms with Crippen molar-refractivity contribution >= 4 is 50.1 Å². The molecule has 1 aromatic rings. The highest BCUT2D eigenvalue weighted by atomic mass is 32.2. The van der Waals surface area contributed by atoms with Crippen LogP contribution in [0.4, 0.5) is 5.13 Å². The van der Waals surface area contributed by atoms with Crippen molar-refractivity contribution in [3.05, 3.63) is 0 Å². The number of aromatic nitrogens is 2. The molecule has 1 amide bonds. The SMILES string of the molecule is NS(=O)(=O)C1CC(=O)N(c2nnc(SCC(=O)O)s2)C1. The Morgan fingerprint density at radius 3 is 2.80 bits per heavy atom. The van der Waals surface area contributed by atoms with Crippen LogP contribution in [0.25, 0.3) is 0 Å². The number of hydrogen-bond acceptors (Lipinski definition) is 8. The van der Waals surface area contributed by atoms with Gasteiger partial charge in [0.25, 0.3) is 0 Å². The van der Waals surface area contributed by atoms with Crippen molar-refractivity contribution in [2.45, 2.75) is 16.0 Å². The number of carbonyl (C=O) groups is 2. The number of carboxylic acid groups (broad SMARTS) is 1. The van der Waals surface area contributed by atoms with Gasteiger partial charge in [0.1, 0.15) is 5.25 Å². The third-order valence-corrected chi connectivity index (χ3v) is 5.81. The first-order valence-electron chi connectivity index (χ1n) is 5.27. The van der Waals surface area contributed by atoms with Crippen molar-refractivity contribution in [2.24, 2.45) is 5.14 Å². The zero-order valence-corrected chi connectivity index (χ0v) is 12.4. The van der Waals surface area contributed by atoms with Crippen LogP contribution in [0.1, 0.15) is 6.42 Å². The fourth-order valence-electron chi connectivity index (χ4n) is 1.57. The largest absolute Gasteiger partial charge is 0.481 e. The molecule has 9 nitrogen and oxygen atoms in total. The summed E-state index contributed by atoms with van der Waals surface area (Å²) in [5, 5.41) is 20.4. The molecular weight excluding hydrogens is 328 g/mol. The summed E-state index contributed by atoms with van der Waals surface area (Å²) in [4.78, 5) is 23.4. The van der Waals surface area contributed by atoms with Crippen LogP contribution >= 0.6 is 23.1 Å². The molecule has 0 aliphatic carbocycles. The molecule has 0 saturated carbocycles. The van der Waals surface area contributed by atoms with Crippen LogP contribution in [0, 0.1) is 0 Å². The summed E-state index contributed by atoms with van der Waals surface area (Å²) in [5.41, 5.74) is 0. The summed E-state index contributed by atoms with van der Waals surface area (Å²) in [6, 6.07) is 0. The second-order valence-electron chi connectivity index (χ2n) is 3.95. The van der Waals surface area contributed by atoms with Crippen LogP contribution in [0.15, 0.2) is 4.34 Å². The third-order valence-electron chi connectivity index (χ3n) is 2.50. The maximum absolute atomic E-state index is 11.8. The Kier molecular flexibility index (Phi) is 4.27. The van der Waals surface area contributed by atoms with Gasteiger partial charge in [-0.3, -0.25) is 14.5 Å². The number of carbonyl (C=O) groups excluding carboxylic acids is 1. The minimum atomic E-state index is -3.78. The molecule has 1 aromatic heterocycles. The summed E-state index contributed by atoms with van der Waals surface area (Å²) < 4.78 is 22.9. The maximum Gasteiger partial charge on any atom is 0.313 e. The smallest absolute Gasteiger partial charge is 0.313 e. The predicted molar refractivity (Wildman–Crippen MR) is 72.1 cm³/mol. The molecule has 0 aromatic carbocycles. The predicted octanol–water partition coefficient (Wildman–Crippen LogP) is -0.891. The van der Waals surface area contributed by atoms with E-state index in [1.54, 1.807) is 0 Å². The zero-order valence-electron chi connectivity index (χ0n) is 9.92. The van der Waals surface area contributed by atoms with Crippen LogP contribution in [0.2, 0.25) is 0 Å². The summed E-state index contributed by atoms with van der Waals surface area (Å²) >= 11 is 2.02. The highest BCUT2D eigenvalue weighted by molar-refractivity contribution is 8.01. The average molecular weight is 338 g/mol. The number of nitrogens with zero attached hydrogens (tertiary/aromatic N) is 3. The lowest BCUT2D eigenvalue weighted by Gasteiger charge is -2.10. The zero-order chi connectivity index (χ0) is 14.9. The number of sulfonamides is 1. The van der Waals surface area contributed by atoms with Gasteiger partial charge in [0.05, 0.1) is 5.75 Å². The van der Waals surface area contributed by atoms with E-state index in [4.69, 9.17) is 10.2 Å². The second-order valence-corrected chi connectivity index (χ2v) is 7.98. The van der Waals surface area contributed by atoms with Crippen LogP contribution in [-0.2, 0) is 19.6 Å². The lowest BCUT2D eigenvalue weighted by atomic mass is 10.4. The van der Waals surface area contributed by atoms with E-state index in [2.05, 4.69) is 10.2 Å². The third kappa shape index (κ3) is 3.45. The quantitative estimate of drug-likeness (QED) is 0.519. The lowest BCUT2D eigenvalue weighted by Crippen LogP contribution is -2.32. The Labute approximate surface area is 122 Å². The van der Waals surface area contributed by atoms with E-state index in [9.17, 15) is 18.0 Å². The minimum Gasteiger partial charge on any atom is -0.481 e. The van der Waals surface area contributed by atoms with E-state index in [-0.39, 0.29) is 23.8 Å². The second kappa shape index (κ2) is 5.63. The molecule has 12 heteroatoms. The van der Waals surface area contributed by atoms with Crippen molar-refractivity contribution in [3.63, 3.8) is 0 Å². The summed E-state index contributed by atoms with van der Waals surface area (Å²) in [6.07, 6.45) is -0.185. The molecular formula is C8H10N4O5S3. The Hall–Kier alpha value is -1.24. The van der Waals surface area contributed by atoms with Gasteiger partial charge in [-0.25, -0.2) is 13.6 Å². The van der Waals surface area contributed by atoms with Gasteiger partial charge >= 0.3 is 5.97 Å². The van der Waals surface area contributed by atoms with Crippen LogP contribution < -0.4 is 10.0 Å². The standard InChI is InChI=1S/C8H10N4O5S3/c9-20(16,17)4-1-5(13)12(2-4)7-10-11-8(19-7)18-3-6(14)15/h4H,1-3H2,(H,14,15)(H2,9,16,17). The van der Waals surface area contributed by atoms with E-state index in [1.807, 2.05) is 0 Å². The molecule has 2 heterocycles. The Bertz CT molecular complexity index is 642. The van der Waals surface area contributed by atoms with E-state index in [0.29, 0.717) is 4.34 Å². The van der Waals surface area contributed by atoms with Crippen LogP contribution in [0.3, 0.4) is 0 Å². The van der Waals surface area contributed by atoms with Crippen molar-refractivity contribution in [1.29, 1.82) is 0 Å². The number of thioether (sulfide) groups is 1. The number of rotatable bonds is 5. The molecule has 0 bridgehead atoms. The highest BCUT2D eigenvalue weighted by Gasteiger charge is 2.38. The van der Waals surface area contributed by atoms with Gasteiger partial charge in [0, 0.05) is 13.0 Å². The van der Waals surface area contributed by atoms with Crippen molar-refractivity contribution < 1.29 is 23.1 Å². The maximum atomic E-state index is 11.8. The normalized spacial score (nSPS) is 19.6. The molecule has 1 atom stereocenters. The number of anilines is 1.